The van der Waals surface area contributed by atoms with Gasteiger partial charge in [0, 0.05) is 58.7 Å². The number of rotatable bonds is 5. The van der Waals surface area contributed by atoms with Gasteiger partial charge in [0.2, 0.25) is 0 Å². The summed E-state index contributed by atoms with van der Waals surface area (Å²) in [6, 6.07) is 66.0. The third-order valence-electron chi connectivity index (χ3n) is 11.8. The highest BCUT2D eigenvalue weighted by Gasteiger charge is 2.29. The first-order valence-electron chi connectivity index (χ1n) is 20.0. The highest BCUT2D eigenvalue weighted by atomic mass is 32.1. The fraction of sp³-hybridized carbons (Fsp3) is 0. The molecule has 0 spiro atoms. The summed E-state index contributed by atoms with van der Waals surface area (Å²) in [5.41, 5.74) is 10.5. The molecule has 1 aliphatic rings. The van der Waals surface area contributed by atoms with Crippen LogP contribution in [0, 0.1) is 0 Å². The minimum absolute atomic E-state index is 0.629. The van der Waals surface area contributed by atoms with Crippen LogP contribution < -0.4 is 4.74 Å². The molecule has 0 bridgehead atoms. The summed E-state index contributed by atoms with van der Waals surface area (Å²) < 4.78 is 13.8. The van der Waals surface area contributed by atoms with E-state index in [4.69, 9.17) is 19.7 Å². The van der Waals surface area contributed by atoms with Crippen molar-refractivity contribution in [3.8, 4) is 68.2 Å². The third kappa shape index (κ3) is 4.90. The molecular weight excluding hydrogens is 755 g/mol. The van der Waals surface area contributed by atoms with E-state index in [1.54, 1.807) is 0 Å². The van der Waals surface area contributed by atoms with Gasteiger partial charge >= 0.3 is 0 Å². The minimum atomic E-state index is 0.629. The number of thiophene rings is 1. The molecule has 280 valence electrons. The molecule has 7 heteroatoms. The van der Waals surface area contributed by atoms with Crippen molar-refractivity contribution in [2.24, 2.45) is 0 Å². The Morgan fingerprint density at radius 3 is 1.87 bits per heavy atom. The molecule has 0 amide bonds. The first-order chi connectivity index (χ1) is 29.7. The molecule has 0 saturated heterocycles. The Labute approximate surface area is 347 Å². The smallest absolute Gasteiger partial charge is 0.164 e. The van der Waals surface area contributed by atoms with E-state index in [0.29, 0.717) is 17.5 Å². The zero-order chi connectivity index (χ0) is 39.3. The second-order valence-electron chi connectivity index (χ2n) is 15.2. The van der Waals surface area contributed by atoms with Crippen LogP contribution in [0.4, 0.5) is 0 Å². The van der Waals surface area contributed by atoms with Gasteiger partial charge in [-0.25, -0.2) is 15.0 Å². The van der Waals surface area contributed by atoms with E-state index in [1.165, 1.54) is 30.9 Å². The number of nitrogens with zero attached hydrogens (tertiary/aromatic N) is 5. The zero-order valence-electron chi connectivity index (χ0n) is 32.0. The van der Waals surface area contributed by atoms with Gasteiger partial charge in [-0.15, -0.1) is 11.3 Å². The van der Waals surface area contributed by atoms with E-state index in [9.17, 15) is 0 Å². The molecule has 0 atom stereocenters. The fourth-order valence-corrected chi connectivity index (χ4v) is 10.2. The predicted molar refractivity (Wildman–Crippen MR) is 246 cm³/mol. The van der Waals surface area contributed by atoms with Crippen molar-refractivity contribution in [2.75, 3.05) is 0 Å². The van der Waals surface area contributed by atoms with Crippen LogP contribution in [0.3, 0.4) is 0 Å². The molecule has 13 rings (SSSR count). The van der Waals surface area contributed by atoms with Crippen molar-refractivity contribution in [1.29, 1.82) is 0 Å². The highest BCUT2D eigenvalue weighted by Crippen LogP contribution is 2.50. The lowest BCUT2D eigenvalue weighted by Crippen LogP contribution is -2.06. The second-order valence-corrected chi connectivity index (χ2v) is 16.3. The number of para-hydroxylation sites is 4. The van der Waals surface area contributed by atoms with Crippen molar-refractivity contribution >= 4 is 64.3 Å². The Bertz CT molecular complexity index is 3680. The molecule has 0 saturated carbocycles. The maximum absolute atomic E-state index is 6.54. The van der Waals surface area contributed by atoms with Crippen LogP contribution in [0.2, 0.25) is 0 Å². The molecule has 0 aliphatic carbocycles. The van der Waals surface area contributed by atoms with Crippen molar-refractivity contribution in [2.45, 2.75) is 0 Å². The highest BCUT2D eigenvalue weighted by molar-refractivity contribution is 7.25. The lowest BCUT2D eigenvalue weighted by molar-refractivity contribution is 0.476. The first-order valence-corrected chi connectivity index (χ1v) is 20.8. The van der Waals surface area contributed by atoms with Gasteiger partial charge in [-0.05, 0) is 71.8 Å². The average Bonchev–Trinajstić information content (AvgIpc) is 3.98. The van der Waals surface area contributed by atoms with Crippen LogP contribution in [0.1, 0.15) is 0 Å². The monoisotopic (exact) mass is 785 g/mol. The van der Waals surface area contributed by atoms with Crippen molar-refractivity contribution in [1.82, 2.24) is 24.1 Å². The van der Waals surface area contributed by atoms with Gasteiger partial charge in [0.15, 0.2) is 29.0 Å². The normalized spacial score (nSPS) is 12.1. The maximum Gasteiger partial charge on any atom is 0.164 e. The van der Waals surface area contributed by atoms with Gasteiger partial charge in [0.25, 0.3) is 0 Å². The minimum Gasteiger partial charge on any atom is -0.453 e. The molecule has 8 aromatic carbocycles. The lowest BCUT2D eigenvalue weighted by Gasteiger charge is -2.21. The van der Waals surface area contributed by atoms with Crippen LogP contribution >= 0.6 is 11.3 Å². The summed E-state index contributed by atoms with van der Waals surface area (Å²) in [6.07, 6.45) is 0. The number of aromatic nitrogens is 5. The second kappa shape index (κ2) is 12.8. The molecule has 6 nitrogen and oxygen atoms in total. The molecule has 0 N–H and O–H groups in total. The van der Waals surface area contributed by atoms with Crippen molar-refractivity contribution in [3.05, 3.63) is 188 Å². The van der Waals surface area contributed by atoms with Crippen LogP contribution in [0.15, 0.2) is 188 Å². The number of hydrogen-bond donors (Lipinski definition) is 0. The maximum atomic E-state index is 6.54. The van der Waals surface area contributed by atoms with Gasteiger partial charge in [-0.3, -0.25) is 9.13 Å². The summed E-state index contributed by atoms with van der Waals surface area (Å²) in [5, 5.41) is 5.99. The van der Waals surface area contributed by atoms with Crippen LogP contribution in [0.25, 0.3) is 110 Å². The Hall–Kier alpha value is -7.87. The molecule has 0 radical (unpaired) electrons. The SMILES string of the molecule is c1ccc(-c2nc(-c3ccc(-c4cccc5c4c4c6cccc7c6n(c4n5-c4ccccc4)-c4ccccc4O7)cc3)nc(-c3ccc4sc5ccccc5c4c3)n2)cc1. The molecule has 5 heterocycles. The third-order valence-corrected chi connectivity index (χ3v) is 12.9. The Morgan fingerprint density at radius 1 is 0.417 bits per heavy atom. The summed E-state index contributed by atoms with van der Waals surface area (Å²) in [5.74, 6) is 3.61. The van der Waals surface area contributed by atoms with Crippen molar-refractivity contribution in [3.63, 3.8) is 0 Å². The molecule has 60 heavy (non-hydrogen) atoms. The largest absolute Gasteiger partial charge is 0.453 e. The van der Waals surface area contributed by atoms with Gasteiger partial charge in [0.05, 0.1) is 16.7 Å². The molecular formula is C53H31N5OS. The van der Waals surface area contributed by atoms with E-state index in [0.717, 1.165) is 72.8 Å². The topological polar surface area (TPSA) is 57.8 Å². The number of benzene rings is 8. The zero-order valence-corrected chi connectivity index (χ0v) is 32.8. The summed E-state index contributed by atoms with van der Waals surface area (Å²) in [6.45, 7) is 0. The Kier molecular flexibility index (Phi) is 7.08. The molecule has 0 fully saturated rings. The van der Waals surface area contributed by atoms with Crippen molar-refractivity contribution < 1.29 is 4.74 Å². The van der Waals surface area contributed by atoms with E-state index in [-0.39, 0.29) is 0 Å². The average molecular weight is 786 g/mol. The standard InChI is InChI=1S/C53H31N5OS/c1-3-13-33(14-4-1)50-54-51(56-52(55-50)35-29-30-46-40(31-35)38-17-7-10-24-45(38)60-46)34-27-25-32(26-28-34)37-18-11-21-42-47(37)48-39-19-12-23-44-49(39)58(41-20-8-9-22-43(41)59-44)53(48)57(42)36-15-5-2-6-16-36/h1-31H. The van der Waals surface area contributed by atoms with E-state index in [2.05, 4.69) is 167 Å². The number of fused-ring (bicyclic) bond motifs is 10. The molecule has 0 unspecified atom stereocenters. The molecule has 1 aliphatic heterocycles. The first kappa shape index (κ1) is 33.1. The predicted octanol–water partition coefficient (Wildman–Crippen LogP) is 14.1. The van der Waals surface area contributed by atoms with Gasteiger partial charge in [0.1, 0.15) is 5.65 Å². The van der Waals surface area contributed by atoms with Crippen LogP contribution in [-0.2, 0) is 0 Å². The van der Waals surface area contributed by atoms with Gasteiger partial charge in [-0.2, -0.15) is 0 Å². The van der Waals surface area contributed by atoms with Crippen LogP contribution in [0.5, 0.6) is 11.5 Å². The lowest BCUT2D eigenvalue weighted by atomic mass is 9.98. The van der Waals surface area contributed by atoms with Gasteiger partial charge < -0.3 is 4.74 Å². The van der Waals surface area contributed by atoms with E-state index < -0.39 is 0 Å². The quantitative estimate of drug-likeness (QED) is 0.174. The van der Waals surface area contributed by atoms with Crippen LogP contribution in [-0.4, -0.2) is 24.1 Å². The summed E-state index contributed by atoms with van der Waals surface area (Å²) in [7, 11) is 0. The fourth-order valence-electron chi connectivity index (χ4n) is 9.11. The Morgan fingerprint density at radius 2 is 1.03 bits per heavy atom. The van der Waals surface area contributed by atoms with E-state index in [1.807, 2.05) is 41.7 Å². The number of ether oxygens (including phenoxy) is 1. The van der Waals surface area contributed by atoms with Gasteiger partial charge in [-0.1, -0.05) is 127 Å². The summed E-state index contributed by atoms with van der Waals surface area (Å²) >= 11 is 1.81. The molecule has 12 aromatic rings. The van der Waals surface area contributed by atoms with E-state index >= 15 is 0 Å². The number of hydrogen-bond acceptors (Lipinski definition) is 5. The Balaban J connectivity index is 1.00. The summed E-state index contributed by atoms with van der Waals surface area (Å²) in [4.78, 5) is 15.3. The molecule has 4 aromatic heterocycles.